The summed E-state index contributed by atoms with van der Waals surface area (Å²) in [7, 11) is 0. The molecule has 2 aromatic heterocycles. The Labute approximate surface area is 80.0 Å². The van der Waals surface area contributed by atoms with E-state index < -0.39 is 22.0 Å². The van der Waals surface area contributed by atoms with Crippen molar-refractivity contribution in [1.82, 2.24) is 19.9 Å². The van der Waals surface area contributed by atoms with Gasteiger partial charge in [0.1, 0.15) is 0 Å². The molecule has 0 unspecified atom stereocenters. The molecular weight excluding hydrogens is 206 g/mol. The summed E-state index contributed by atoms with van der Waals surface area (Å²) in [5.74, 6) is -0.641. The van der Waals surface area contributed by atoms with Crippen LogP contribution in [0.25, 0.3) is 11.0 Å². The summed E-state index contributed by atoms with van der Waals surface area (Å²) in [6.07, 6.45) is 0.899. The first-order valence-corrected chi connectivity index (χ1v) is 3.71. The number of aromatic nitrogens is 4. The Balaban J connectivity index is 3.05. The van der Waals surface area contributed by atoms with Gasteiger partial charge in [-0.15, -0.1) is 0 Å². The van der Waals surface area contributed by atoms with Gasteiger partial charge in [-0.25, -0.2) is 4.79 Å². The van der Waals surface area contributed by atoms with Crippen molar-refractivity contribution in [1.29, 1.82) is 0 Å². The zero-order valence-electron chi connectivity index (χ0n) is 7.05. The van der Waals surface area contributed by atoms with Gasteiger partial charge in [0.25, 0.3) is 5.56 Å². The van der Waals surface area contributed by atoms with E-state index in [0.717, 1.165) is 6.33 Å². The predicted molar refractivity (Wildman–Crippen MR) is 47.4 cm³/mol. The third-order valence-electron chi connectivity index (χ3n) is 1.69. The zero-order valence-corrected chi connectivity index (χ0v) is 7.05. The van der Waals surface area contributed by atoms with E-state index in [1.165, 1.54) is 0 Å². The second-order valence-electron chi connectivity index (χ2n) is 2.59. The first-order valence-electron chi connectivity index (χ1n) is 3.71. The molecule has 15 heavy (non-hydrogen) atoms. The van der Waals surface area contributed by atoms with E-state index in [1.807, 2.05) is 4.98 Å². The van der Waals surface area contributed by atoms with Crippen molar-refractivity contribution >= 4 is 16.9 Å². The molecule has 0 radical (unpaired) electrons. The van der Waals surface area contributed by atoms with E-state index in [1.54, 1.807) is 0 Å². The topological polar surface area (TPSA) is 135 Å². The zero-order chi connectivity index (χ0) is 11.0. The molecule has 0 aliphatic heterocycles. The average Bonchev–Trinajstić information content (AvgIpc) is 2.16. The Morgan fingerprint density at radius 3 is 2.67 bits per heavy atom. The molecular formula is C6H3N5O4. The number of hydrogen-bond acceptors (Lipinski definition) is 6. The second-order valence-corrected chi connectivity index (χ2v) is 2.59. The normalized spacial score (nSPS) is 10.4. The van der Waals surface area contributed by atoms with Crippen molar-refractivity contribution in [3.05, 3.63) is 37.3 Å². The summed E-state index contributed by atoms with van der Waals surface area (Å²) >= 11 is 0. The number of H-pyrrole nitrogens is 2. The maximum atomic E-state index is 11.3. The first-order chi connectivity index (χ1) is 7.09. The van der Waals surface area contributed by atoms with Crippen LogP contribution in [0.3, 0.4) is 0 Å². The molecule has 9 heteroatoms. The number of nitro groups is 1. The van der Waals surface area contributed by atoms with Gasteiger partial charge >= 0.3 is 11.5 Å². The van der Waals surface area contributed by atoms with E-state index in [2.05, 4.69) is 15.0 Å². The van der Waals surface area contributed by atoms with Crippen LogP contribution in [-0.4, -0.2) is 24.9 Å². The number of rotatable bonds is 1. The standard InChI is InChI=1S/C6H3N5O4/c12-5-2-3(9-6(13)10-5)7-1-8-4(2)11(14)15/h1H,(H2,7,8,9,10,12,13). The molecule has 0 saturated heterocycles. The van der Waals surface area contributed by atoms with Gasteiger partial charge < -0.3 is 10.1 Å². The molecule has 0 aliphatic carbocycles. The van der Waals surface area contributed by atoms with Crippen molar-refractivity contribution in [2.45, 2.75) is 0 Å². The average molecular weight is 209 g/mol. The highest BCUT2D eigenvalue weighted by Gasteiger charge is 2.18. The van der Waals surface area contributed by atoms with Crippen LogP contribution in [0.15, 0.2) is 15.9 Å². The van der Waals surface area contributed by atoms with Crippen molar-refractivity contribution in [2.24, 2.45) is 0 Å². The van der Waals surface area contributed by atoms with E-state index in [9.17, 15) is 19.7 Å². The number of nitrogens with one attached hydrogen (secondary N) is 2. The number of fused-ring (bicyclic) bond motifs is 1. The summed E-state index contributed by atoms with van der Waals surface area (Å²) in [4.78, 5) is 42.7. The molecule has 0 aromatic carbocycles. The molecule has 2 heterocycles. The smallest absolute Gasteiger partial charge is 0.358 e. The van der Waals surface area contributed by atoms with Gasteiger partial charge in [0.05, 0.1) is 0 Å². The maximum Gasteiger partial charge on any atom is 0.381 e. The SMILES string of the molecule is O=c1[nH]c(=O)c2c([N+](=O)[O-])ncnc2[nH]1. The number of aromatic amines is 2. The Kier molecular flexibility index (Phi) is 1.78. The van der Waals surface area contributed by atoms with Crippen LogP contribution >= 0.6 is 0 Å². The molecule has 76 valence electrons. The van der Waals surface area contributed by atoms with Gasteiger partial charge in [0.2, 0.25) is 6.33 Å². The maximum absolute atomic E-state index is 11.3. The van der Waals surface area contributed by atoms with Gasteiger partial charge in [-0.1, -0.05) is 0 Å². The lowest BCUT2D eigenvalue weighted by atomic mass is 10.4. The summed E-state index contributed by atoms with van der Waals surface area (Å²) in [6, 6.07) is 0. The van der Waals surface area contributed by atoms with Crippen LogP contribution in [0.1, 0.15) is 0 Å². The first kappa shape index (κ1) is 8.99. The fourth-order valence-corrected chi connectivity index (χ4v) is 1.12. The largest absolute Gasteiger partial charge is 0.381 e. The van der Waals surface area contributed by atoms with Gasteiger partial charge in [-0.3, -0.25) is 14.8 Å². The van der Waals surface area contributed by atoms with Gasteiger partial charge in [-0.2, -0.15) is 4.98 Å². The molecule has 9 nitrogen and oxygen atoms in total. The molecule has 0 amide bonds. The highest BCUT2D eigenvalue weighted by Crippen LogP contribution is 2.13. The summed E-state index contributed by atoms with van der Waals surface area (Å²) < 4.78 is 0. The summed E-state index contributed by atoms with van der Waals surface area (Å²) in [5.41, 5.74) is -1.83. The monoisotopic (exact) mass is 209 g/mol. The molecule has 2 N–H and O–H groups in total. The fraction of sp³-hybridized carbons (Fsp3) is 0. The van der Waals surface area contributed by atoms with Gasteiger partial charge in [-0.05, 0) is 9.91 Å². The quantitative estimate of drug-likeness (QED) is 0.452. The molecule has 0 atom stereocenters. The Morgan fingerprint density at radius 2 is 2.00 bits per heavy atom. The third kappa shape index (κ3) is 1.35. The van der Waals surface area contributed by atoms with Crippen molar-refractivity contribution < 1.29 is 4.92 Å². The lowest BCUT2D eigenvalue weighted by Crippen LogP contribution is -2.23. The molecule has 0 fully saturated rings. The van der Waals surface area contributed by atoms with Gasteiger partial charge in [0.15, 0.2) is 11.0 Å². The minimum Gasteiger partial charge on any atom is -0.358 e. The lowest BCUT2D eigenvalue weighted by Gasteiger charge is -1.95. The van der Waals surface area contributed by atoms with E-state index in [4.69, 9.17) is 0 Å². The van der Waals surface area contributed by atoms with Crippen molar-refractivity contribution in [2.75, 3.05) is 0 Å². The minimum absolute atomic E-state index is 0.162. The van der Waals surface area contributed by atoms with Gasteiger partial charge in [0, 0.05) is 0 Å². The molecule has 0 bridgehead atoms. The molecule has 2 aromatic rings. The van der Waals surface area contributed by atoms with E-state index in [0.29, 0.717) is 0 Å². The van der Waals surface area contributed by atoms with E-state index in [-0.39, 0.29) is 11.0 Å². The predicted octanol–water partition coefficient (Wildman–Crippen LogP) is -1.09. The van der Waals surface area contributed by atoms with Crippen LogP contribution in [0.4, 0.5) is 5.82 Å². The molecule has 0 saturated carbocycles. The van der Waals surface area contributed by atoms with Crippen LogP contribution < -0.4 is 11.2 Å². The van der Waals surface area contributed by atoms with Crippen LogP contribution in [0.5, 0.6) is 0 Å². The fourth-order valence-electron chi connectivity index (χ4n) is 1.12. The third-order valence-corrected chi connectivity index (χ3v) is 1.69. The summed E-state index contributed by atoms with van der Waals surface area (Å²) in [5, 5.41) is 10.2. The highest BCUT2D eigenvalue weighted by molar-refractivity contribution is 5.80. The Bertz CT molecular complexity index is 656. The van der Waals surface area contributed by atoms with Crippen LogP contribution in [-0.2, 0) is 0 Å². The number of hydrogen-bond donors (Lipinski definition) is 2. The minimum atomic E-state index is -0.888. The molecule has 2 rings (SSSR count). The molecule has 0 aliphatic rings. The lowest BCUT2D eigenvalue weighted by molar-refractivity contribution is -0.387. The van der Waals surface area contributed by atoms with Crippen molar-refractivity contribution in [3.8, 4) is 0 Å². The van der Waals surface area contributed by atoms with Crippen molar-refractivity contribution in [3.63, 3.8) is 0 Å². The van der Waals surface area contributed by atoms with Crippen LogP contribution in [0, 0.1) is 10.1 Å². The van der Waals surface area contributed by atoms with E-state index >= 15 is 0 Å². The second kappa shape index (κ2) is 2.97. The van der Waals surface area contributed by atoms with Crippen LogP contribution in [0.2, 0.25) is 0 Å². The highest BCUT2D eigenvalue weighted by atomic mass is 16.6. The Hall–Kier alpha value is -2.58. The molecule has 0 spiro atoms. The number of nitrogens with zero attached hydrogens (tertiary/aromatic N) is 3. The summed E-state index contributed by atoms with van der Waals surface area (Å²) in [6.45, 7) is 0. The Morgan fingerprint density at radius 1 is 1.27 bits per heavy atom.